The van der Waals surface area contributed by atoms with Crippen molar-refractivity contribution < 1.29 is 8.42 Å². The van der Waals surface area contributed by atoms with Gasteiger partial charge in [0, 0.05) is 0 Å². The van der Waals surface area contributed by atoms with E-state index in [2.05, 4.69) is 4.72 Å². The van der Waals surface area contributed by atoms with Crippen LogP contribution in [0.15, 0.2) is 41.3 Å². The highest BCUT2D eigenvalue weighted by Crippen LogP contribution is 2.24. The van der Waals surface area contributed by atoms with Crippen LogP contribution in [0.3, 0.4) is 0 Å². The summed E-state index contributed by atoms with van der Waals surface area (Å²) in [6.45, 7) is 7.66. The zero-order chi connectivity index (χ0) is 14.9. The molecule has 0 saturated heterocycles. The van der Waals surface area contributed by atoms with Crippen LogP contribution in [0.1, 0.15) is 22.3 Å². The van der Waals surface area contributed by atoms with E-state index in [4.69, 9.17) is 0 Å². The average Bonchev–Trinajstić information content (AvgIpc) is 2.37. The Labute approximate surface area is 120 Å². The number of anilines is 1. The van der Waals surface area contributed by atoms with Crippen LogP contribution in [0.4, 0.5) is 5.69 Å². The second-order valence-electron chi connectivity index (χ2n) is 5.12. The maximum absolute atomic E-state index is 12.5. The van der Waals surface area contributed by atoms with E-state index >= 15 is 0 Å². The molecule has 0 amide bonds. The Morgan fingerprint density at radius 2 is 1.40 bits per heavy atom. The highest BCUT2D eigenvalue weighted by molar-refractivity contribution is 7.92. The molecule has 1 N–H and O–H groups in total. The zero-order valence-corrected chi connectivity index (χ0v) is 13.0. The molecule has 0 fully saturated rings. The molecule has 4 heteroatoms. The number of hydrogen-bond acceptors (Lipinski definition) is 2. The Balaban J connectivity index is 2.43. The van der Waals surface area contributed by atoms with Crippen molar-refractivity contribution >= 4 is 15.7 Å². The van der Waals surface area contributed by atoms with Gasteiger partial charge < -0.3 is 0 Å². The number of para-hydroxylation sites is 1. The monoisotopic (exact) mass is 289 g/mol. The van der Waals surface area contributed by atoms with Crippen LogP contribution < -0.4 is 4.72 Å². The summed E-state index contributed by atoms with van der Waals surface area (Å²) in [6.07, 6.45) is 0. The molecule has 3 nitrogen and oxygen atoms in total. The lowest BCUT2D eigenvalue weighted by Crippen LogP contribution is -2.15. The predicted molar refractivity (Wildman–Crippen MR) is 82.6 cm³/mol. The number of hydrogen-bond donors (Lipinski definition) is 1. The summed E-state index contributed by atoms with van der Waals surface area (Å²) in [4.78, 5) is 0.295. The summed E-state index contributed by atoms with van der Waals surface area (Å²) < 4.78 is 27.6. The van der Waals surface area contributed by atoms with Crippen LogP contribution >= 0.6 is 0 Å². The third-order valence-electron chi connectivity index (χ3n) is 3.51. The summed E-state index contributed by atoms with van der Waals surface area (Å²) in [5.41, 5.74) is 4.53. The van der Waals surface area contributed by atoms with Crippen LogP contribution in [0.25, 0.3) is 0 Å². The van der Waals surface area contributed by atoms with Gasteiger partial charge >= 0.3 is 0 Å². The van der Waals surface area contributed by atoms with Crippen LogP contribution in [-0.4, -0.2) is 8.42 Å². The third-order valence-corrected chi connectivity index (χ3v) is 4.85. The van der Waals surface area contributed by atoms with E-state index in [0.717, 1.165) is 22.3 Å². The molecule has 0 aliphatic heterocycles. The van der Waals surface area contributed by atoms with Crippen LogP contribution in [0, 0.1) is 27.7 Å². The second-order valence-corrected chi connectivity index (χ2v) is 6.80. The van der Waals surface area contributed by atoms with Gasteiger partial charge in [-0.15, -0.1) is 0 Å². The van der Waals surface area contributed by atoms with E-state index in [1.807, 2.05) is 52.0 Å². The van der Waals surface area contributed by atoms with Gasteiger partial charge in [-0.25, -0.2) is 8.42 Å². The largest absolute Gasteiger partial charge is 0.279 e. The van der Waals surface area contributed by atoms with Gasteiger partial charge in [-0.1, -0.05) is 24.3 Å². The fourth-order valence-electron chi connectivity index (χ4n) is 2.05. The first-order valence-corrected chi connectivity index (χ1v) is 7.96. The van der Waals surface area contributed by atoms with Gasteiger partial charge in [0.2, 0.25) is 0 Å². The van der Waals surface area contributed by atoms with Crippen molar-refractivity contribution in [3.05, 3.63) is 58.7 Å². The van der Waals surface area contributed by atoms with E-state index in [1.165, 1.54) is 0 Å². The smallest absolute Gasteiger partial charge is 0.261 e. The Kier molecular flexibility index (Phi) is 3.86. The molecule has 0 aromatic heterocycles. The molecular formula is C16H19NO2S. The van der Waals surface area contributed by atoms with Gasteiger partial charge in [-0.05, 0) is 62.1 Å². The summed E-state index contributed by atoms with van der Waals surface area (Å²) >= 11 is 0. The number of aryl methyl sites for hydroxylation is 4. The first kappa shape index (κ1) is 14.6. The van der Waals surface area contributed by atoms with Gasteiger partial charge in [0.15, 0.2) is 0 Å². The highest BCUT2D eigenvalue weighted by Gasteiger charge is 2.16. The normalized spacial score (nSPS) is 11.4. The second kappa shape index (κ2) is 5.29. The molecule has 0 radical (unpaired) electrons. The summed E-state index contributed by atoms with van der Waals surface area (Å²) in [5.74, 6) is 0. The standard InChI is InChI=1S/C16H19NO2S/c1-11-8-9-15(10-14(11)4)20(18,19)17-16-12(2)6-5-7-13(16)3/h5-10,17H,1-4H3. The molecule has 106 valence electrons. The minimum atomic E-state index is -3.55. The van der Waals surface area contributed by atoms with Crippen molar-refractivity contribution in [2.75, 3.05) is 4.72 Å². The van der Waals surface area contributed by atoms with E-state index in [9.17, 15) is 8.42 Å². The van der Waals surface area contributed by atoms with Crippen molar-refractivity contribution in [3.8, 4) is 0 Å². The van der Waals surface area contributed by atoms with Crippen molar-refractivity contribution in [3.63, 3.8) is 0 Å². The molecule has 20 heavy (non-hydrogen) atoms. The maximum atomic E-state index is 12.5. The van der Waals surface area contributed by atoms with Crippen LogP contribution in [0.2, 0.25) is 0 Å². The lowest BCUT2D eigenvalue weighted by atomic mass is 10.1. The number of rotatable bonds is 3. The molecular weight excluding hydrogens is 270 g/mol. The van der Waals surface area contributed by atoms with Gasteiger partial charge in [0.1, 0.15) is 0 Å². The van der Waals surface area contributed by atoms with Crippen molar-refractivity contribution in [2.45, 2.75) is 32.6 Å². The number of benzene rings is 2. The van der Waals surface area contributed by atoms with Crippen molar-refractivity contribution in [2.24, 2.45) is 0 Å². The maximum Gasteiger partial charge on any atom is 0.261 e. The topological polar surface area (TPSA) is 46.2 Å². The fourth-order valence-corrected chi connectivity index (χ4v) is 3.34. The number of nitrogens with one attached hydrogen (secondary N) is 1. The van der Waals surface area contributed by atoms with E-state index in [-0.39, 0.29) is 0 Å². The van der Waals surface area contributed by atoms with Gasteiger partial charge in [0.25, 0.3) is 10.0 Å². The molecule has 2 aromatic rings. The zero-order valence-electron chi connectivity index (χ0n) is 12.2. The molecule has 2 aromatic carbocycles. The Bertz CT molecular complexity index is 729. The lowest BCUT2D eigenvalue weighted by Gasteiger charge is -2.14. The Morgan fingerprint density at radius 3 is 1.95 bits per heavy atom. The third kappa shape index (κ3) is 2.85. The molecule has 0 aliphatic carbocycles. The molecule has 0 aliphatic rings. The number of sulfonamides is 1. The van der Waals surface area contributed by atoms with Crippen LogP contribution in [-0.2, 0) is 10.0 Å². The van der Waals surface area contributed by atoms with E-state index in [1.54, 1.807) is 12.1 Å². The quantitative estimate of drug-likeness (QED) is 0.936. The molecule has 0 spiro atoms. The summed E-state index contributed by atoms with van der Waals surface area (Å²) in [6, 6.07) is 10.9. The van der Waals surface area contributed by atoms with Crippen molar-refractivity contribution in [1.29, 1.82) is 0 Å². The molecule has 2 rings (SSSR count). The summed E-state index contributed by atoms with van der Waals surface area (Å²) in [7, 11) is -3.55. The Hall–Kier alpha value is -1.81. The lowest BCUT2D eigenvalue weighted by molar-refractivity contribution is 0.601. The minimum absolute atomic E-state index is 0.295. The minimum Gasteiger partial charge on any atom is -0.279 e. The highest BCUT2D eigenvalue weighted by atomic mass is 32.2. The average molecular weight is 289 g/mol. The Morgan fingerprint density at radius 1 is 0.800 bits per heavy atom. The fraction of sp³-hybridized carbons (Fsp3) is 0.250. The van der Waals surface area contributed by atoms with Crippen molar-refractivity contribution in [1.82, 2.24) is 0 Å². The van der Waals surface area contributed by atoms with E-state index < -0.39 is 10.0 Å². The molecule has 0 saturated carbocycles. The van der Waals surface area contributed by atoms with Crippen LogP contribution in [0.5, 0.6) is 0 Å². The first-order valence-electron chi connectivity index (χ1n) is 6.47. The first-order chi connectivity index (χ1) is 9.31. The van der Waals surface area contributed by atoms with E-state index in [0.29, 0.717) is 10.6 Å². The molecule has 0 bridgehead atoms. The van der Waals surface area contributed by atoms with Gasteiger partial charge in [0.05, 0.1) is 10.6 Å². The molecule has 0 atom stereocenters. The SMILES string of the molecule is Cc1ccc(S(=O)(=O)Nc2c(C)cccc2C)cc1C. The van der Waals surface area contributed by atoms with Gasteiger partial charge in [-0.2, -0.15) is 0 Å². The molecule has 0 heterocycles. The predicted octanol–water partition coefficient (Wildman–Crippen LogP) is 3.72. The van der Waals surface area contributed by atoms with Gasteiger partial charge in [-0.3, -0.25) is 4.72 Å². The summed E-state index contributed by atoms with van der Waals surface area (Å²) in [5, 5.41) is 0. The molecule has 0 unspecified atom stereocenters.